The summed E-state index contributed by atoms with van der Waals surface area (Å²) in [5.41, 5.74) is 1.94. The molecule has 25 heavy (non-hydrogen) atoms. The molecule has 2 amide bonds. The van der Waals surface area contributed by atoms with Gasteiger partial charge in [-0.3, -0.25) is 5.32 Å². The quantitative estimate of drug-likeness (QED) is 0.719. The molecule has 0 unspecified atom stereocenters. The van der Waals surface area contributed by atoms with E-state index < -0.39 is 0 Å². The summed E-state index contributed by atoms with van der Waals surface area (Å²) in [7, 11) is 1.63. The number of hydrogen-bond donors (Lipinski definition) is 2. The summed E-state index contributed by atoms with van der Waals surface area (Å²) in [6, 6.07) is 18.7. The normalized spacial score (nSPS) is 10.3. The topological polar surface area (TPSA) is 76.4 Å². The van der Waals surface area contributed by atoms with E-state index in [1.165, 1.54) is 0 Å². The molecule has 6 nitrogen and oxygen atoms in total. The van der Waals surface area contributed by atoms with E-state index in [-0.39, 0.29) is 6.03 Å². The Morgan fingerprint density at radius 3 is 2.68 bits per heavy atom. The van der Waals surface area contributed by atoms with Crippen molar-refractivity contribution in [3.63, 3.8) is 0 Å². The molecule has 0 atom stereocenters. The van der Waals surface area contributed by atoms with Crippen LogP contribution in [0.15, 0.2) is 65.2 Å². The number of methoxy groups -OCH3 is 1. The van der Waals surface area contributed by atoms with Crippen molar-refractivity contribution in [1.29, 1.82) is 0 Å². The zero-order valence-corrected chi connectivity index (χ0v) is 13.9. The number of para-hydroxylation sites is 1. The fourth-order valence-corrected chi connectivity index (χ4v) is 2.45. The first-order chi connectivity index (χ1) is 12.3. The number of benzene rings is 2. The summed E-state index contributed by atoms with van der Waals surface area (Å²) in [6.07, 6.45) is 0.672. The summed E-state index contributed by atoms with van der Waals surface area (Å²) < 4.78 is 10.5. The van der Waals surface area contributed by atoms with E-state index in [9.17, 15) is 4.79 Å². The molecule has 128 valence electrons. The Morgan fingerprint density at radius 1 is 1.12 bits per heavy atom. The van der Waals surface area contributed by atoms with Crippen LogP contribution in [0, 0.1) is 0 Å². The maximum absolute atomic E-state index is 12.0. The highest BCUT2D eigenvalue weighted by molar-refractivity contribution is 5.88. The molecule has 0 bridgehead atoms. The lowest BCUT2D eigenvalue weighted by Crippen LogP contribution is -2.30. The molecule has 0 aliphatic rings. The van der Waals surface area contributed by atoms with Gasteiger partial charge in [0.1, 0.15) is 5.75 Å². The van der Waals surface area contributed by atoms with E-state index in [1.807, 2.05) is 54.6 Å². The van der Waals surface area contributed by atoms with Gasteiger partial charge in [-0.1, -0.05) is 53.7 Å². The van der Waals surface area contributed by atoms with Crippen LogP contribution in [0.2, 0.25) is 0 Å². The van der Waals surface area contributed by atoms with Crippen molar-refractivity contribution >= 4 is 11.8 Å². The number of anilines is 1. The summed E-state index contributed by atoms with van der Waals surface area (Å²) in [5.74, 6) is 1.78. The van der Waals surface area contributed by atoms with Gasteiger partial charge in [-0.15, -0.1) is 0 Å². The number of carbonyl (C=O) groups excluding carboxylic acids is 1. The molecule has 2 aromatic carbocycles. The third kappa shape index (κ3) is 4.38. The van der Waals surface area contributed by atoms with Crippen LogP contribution in [0.3, 0.4) is 0 Å². The molecule has 0 saturated heterocycles. The Morgan fingerprint density at radius 2 is 1.88 bits per heavy atom. The van der Waals surface area contributed by atoms with Crippen molar-refractivity contribution < 1.29 is 14.1 Å². The average molecular weight is 337 g/mol. The molecule has 6 heteroatoms. The predicted molar refractivity (Wildman–Crippen MR) is 95.7 cm³/mol. The molecular weight excluding hydrogens is 318 g/mol. The van der Waals surface area contributed by atoms with E-state index in [0.717, 1.165) is 16.9 Å². The van der Waals surface area contributed by atoms with Crippen LogP contribution in [0.1, 0.15) is 5.56 Å². The lowest BCUT2D eigenvalue weighted by Gasteiger charge is -2.09. The highest BCUT2D eigenvalue weighted by Gasteiger charge is 2.09. The smallest absolute Gasteiger partial charge is 0.320 e. The van der Waals surface area contributed by atoms with Gasteiger partial charge in [0.15, 0.2) is 11.6 Å². The van der Waals surface area contributed by atoms with Crippen LogP contribution in [-0.2, 0) is 6.42 Å². The third-order valence-electron chi connectivity index (χ3n) is 3.68. The number of nitrogens with zero attached hydrogens (tertiary/aromatic N) is 1. The Bertz CT molecular complexity index is 831. The molecule has 2 N–H and O–H groups in total. The maximum Gasteiger partial charge on any atom is 0.320 e. The molecule has 3 aromatic rings. The second-order valence-electron chi connectivity index (χ2n) is 5.39. The second kappa shape index (κ2) is 8.01. The minimum atomic E-state index is -0.331. The highest BCUT2D eigenvalue weighted by atomic mass is 16.5. The molecule has 0 fully saturated rings. The van der Waals surface area contributed by atoms with Gasteiger partial charge in [0.2, 0.25) is 0 Å². The SMILES string of the molecule is COc1ccccc1CCNC(=O)Nc1cc(-c2ccccc2)on1. The van der Waals surface area contributed by atoms with Gasteiger partial charge in [-0.25, -0.2) is 4.79 Å². The Kier molecular flexibility index (Phi) is 5.31. The van der Waals surface area contributed by atoms with Crippen LogP contribution in [0.25, 0.3) is 11.3 Å². The Labute approximate surface area is 145 Å². The van der Waals surface area contributed by atoms with Gasteiger partial charge < -0.3 is 14.6 Å². The van der Waals surface area contributed by atoms with E-state index in [4.69, 9.17) is 9.26 Å². The molecular formula is C19H19N3O3. The zero-order valence-electron chi connectivity index (χ0n) is 13.9. The fraction of sp³-hybridized carbons (Fsp3) is 0.158. The van der Waals surface area contributed by atoms with Gasteiger partial charge in [0, 0.05) is 18.2 Å². The van der Waals surface area contributed by atoms with E-state index in [1.54, 1.807) is 13.2 Å². The maximum atomic E-state index is 12.0. The monoisotopic (exact) mass is 337 g/mol. The van der Waals surface area contributed by atoms with Crippen LogP contribution in [-0.4, -0.2) is 24.8 Å². The van der Waals surface area contributed by atoms with Crippen LogP contribution in [0.5, 0.6) is 5.75 Å². The summed E-state index contributed by atoms with van der Waals surface area (Å²) in [6.45, 7) is 0.482. The summed E-state index contributed by atoms with van der Waals surface area (Å²) >= 11 is 0. The third-order valence-corrected chi connectivity index (χ3v) is 3.68. The zero-order chi connectivity index (χ0) is 17.5. The Hall–Kier alpha value is -3.28. The number of nitrogens with one attached hydrogen (secondary N) is 2. The second-order valence-corrected chi connectivity index (χ2v) is 5.39. The van der Waals surface area contributed by atoms with Gasteiger partial charge >= 0.3 is 6.03 Å². The first-order valence-electron chi connectivity index (χ1n) is 7.95. The Balaban J connectivity index is 1.51. The van der Waals surface area contributed by atoms with Crippen LogP contribution in [0.4, 0.5) is 10.6 Å². The van der Waals surface area contributed by atoms with E-state index >= 15 is 0 Å². The van der Waals surface area contributed by atoms with Gasteiger partial charge in [-0.05, 0) is 18.1 Å². The predicted octanol–water partition coefficient (Wildman–Crippen LogP) is 3.71. The van der Waals surface area contributed by atoms with Gasteiger partial charge in [-0.2, -0.15) is 0 Å². The van der Waals surface area contributed by atoms with Gasteiger partial charge in [0.05, 0.1) is 7.11 Å². The molecule has 0 aliphatic carbocycles. The first-order valence-corrected chi connectivity index (χ1v) is 7.95. The summed E-state index contributed by atoms with van der Waals surface area (Å²) in [5, 5.41) is 9.31. The van der Waals surface area contributed by atoms with Crippen molar-refractivity contribution in [2.75, 3.05) is 19.0 Å². The number of carbonyl (C=O) groups is 1. The minimum Gasteiger partial charge on any atom is -0.496 e. The highest BCUT2D eigenvalue weighted by Crippen LogP contribution is 2.21. The summed E-state index contributed by atoms with van der Waals surface area (Å²) in [4.78, 5) is 12.0. The molecule has 0 aliphatic heterocycles. The standard InChI is InChI=1S/C19H19N3O3/c1-24-16-10-6-5-9-15(16)11-12-20-19(23)21-18-13-17(25-22-18)14-7-3-2-4-8-14/h2-10,13H,11-12H2,1H3,(H2,20,21,22,23). The number of amides is 2. The number of hydrogen-bond acceptors (Lipinski definition) is 4. The average Bonchev–Trinajstić information content (AvgIpc) is 3.11. The molecule has 0 saturated carbocycles. The van der Waals surface area contributed by atoms with Crippen molar-refractivity contribution in [2.45, 2.75) is 6.42 Å². The lowest BCUT2D eigenvalue weighted by atomic mass is 10.1. The van der Waals surface area contributed by atoms with Crippen LogP contribution >= 0.6 is 0 Å². The first kappa shape index (κ1) is 16.6. The van der Waals surface area contributed by atoms with Crippen molar-refractivity contribution in [2.24, 2.45) is 0 Å². The minimum absolute atomic E-state index is 0.331. The lowest BCUT2D eigenvalue weighted by molar-refractivity contribution is 0.252. The number of ether oxygens (including phenoxy) is 1. The molecule has 1 heterocycles. The number of urea groups is 1. The van der Waals surface area contributed by atoms with E-state index in [2.05, 4.69) is 15.8 Å². The molecule has 0 radical (unpaired) electrons. The van der Waals surface area contributed by atoms with Crippen molar-refractivity contribution in [1.82, 2.24) is 10.5 Å². The number of aromatic nitrogens is 1. The molecule has 1 aromatic heterocycles. The fourth-order valence-electron chi connectivity index (χ4n) is 2.45. The molecule has 0 spiro atoms. The van der Waals surface area contributed by atoms with Crippen molar-refractivity contribution in [3.8, 4) is 17.1 Å². The van der Waals surface area contributed by atoms with Crippen LogP contribution < -0.4 is 15.4 Å². The molecule has 3 rings (SSSR count). The number of rotatable bonds is 6. The largest absolute Gasteiger partial charge is 0.496 e. The van der Waals surface area contributed by atoms with Gasteiger partial charge in [0.25, 0.3) is 0 Å². The van der Waals surface area contributed by atoms with Crippen molar-refractivity contribution in [3.05, 3.63) is 66.2 Å². The van der Waals surface area contributed by atoms with E-state index in [0.29, 0.717) is 24.5 Å².